The van der Waals surface area contributed by atoms with Crippen LogP contribution in [0.2, 0.25) is 0 Å². The van der Waals surface area contributed by atoms with Gasteiger partial charge in [-0.15, -0.1) is 0 Å². The molecule has 0 amide bonds. The first-order chi connectivity index (χ1) is 9.10. The van der Waals surface area contributed by atoms with Gasteiger partial charge in [-0.3, -0.25) is 4.98 Å². The lowest BCUT2D eigenvalue weighted by Gasteiger charge is -2.07. The van der Waals surface area contributed by atoms with Crippen molar-refractivity contribution in [1.29, 1.82) is 0 Å². The highest BCUT2D eigenvalue weighted by molar-refractivity contribution is 5.89. The predicted octanol–water partition coefficient (Wildman–Crippen LogP) is 3.15. The van der Waals surface area contributed by atoms with Crippen LogP contribution in [0, 0.1) is 6.92 Å². The van der Waals surface area contributed by atoms with E-state index in [9.17, 15) is 4.79 Å². The highest BCUT2D eigenvalue weighted by Crippen LogP contribution is 2.25. The molecule has 0 unspecified atom stereocenters. The summed E-state index contributed by atoms with van der Waals surface area (Å²) in [6, 6.07) is 7.07. The number of aryl methyl sites for hydroxylation is 1. The molecule has 4 heteroatoms. The van der Waals surface area contributed by atoms with Crippen LogP contribution in [0.25, 0.3) is 11.1 Å². The lowest BCUT2D eigenvalue weighted by atomic mass is 10.0. The molecule has 0 saturated carbocycles. The average molecular weight is 257 g/mol. The topological polar surface area (TPSA) is 59.4 Å². The molecule has 0 aliphatic carbocycles. The number of rotatable bonds is 4. The molecule has 0 aliphatic rings. The zero-order valence-corrected chi connectivity index (χ0v) is 10.9. The van der Waals surface area contributed by atoms with Crippen LogP contribution >= 0.6 is 0 Å². The van der Waals surface area contributed by atoms with Gasteiger partial charge in [-0.1, -0.05) is 6.07 Å². The first-order valence-electron chi connectivity index (χ1n) is 6.03. The fraction of sp³-hybridized carbons (Fsp3) is 0.200. The molecule has 19 heavy (non-hydrogen) atoms. The van der Waals surface area contributed by atoms with Crippen molar-refractivity contribution < 1.29 is 14.6 Å². The Hall–Kier alpha value is -2.36. The number of hydrogen-bond acceptors (Lipinski definition) is 3. The monoisotopic (exact) mass is 257 g/mol. The summed E-state index contributed by atoms with van der Waals surface area (Å²) in [6.07, 6.45) is 3.34. The first-order valence-corrected chi connectivity index (χ1v) is 6.03. The van der Waals surface area contributed by atoms with Crippen LogP contribution in [-0.4, -0.2) is 22.7 Å². The zero-order chi connectivity index (χ0) is 13.8. The molecule has 1 aromatic carbocycles. The van der Waals surface area contributed by atoms with E-state index in [0.29, 0.717) is 12.4 Å². The number of nitrogens with zero attached hydrogens (tertiary/aromatic N) is 1. The number of aromatic nitrogens is 1. The molecule has 1 aromatic heterocycles. The van der Waals surface area contributed by atoms with E-state index in [4.69, 9.17) is 9.84 Å². The first kappa shape index (κ1) is 13.1. The Kier molecular flexibility index (Phi) is 3.80. The van der Waals surface area contributed by atoms with E-state index in [1.54, 1.807) is 24.5 Å². The maximum absolute atomic E-state index is 11.1. The molecule has 2 aromatic rings. The van der Waals surface area contributed by atoms with Crippen molar-refractivity contribution >= 4 is 5.97 Å². The summed E-state index contributed by atoms with van der Waals surface area (Å²) in [7, 11) is 0. The molecule has 1 heterocycles. The molecule has 0 spiro atoms. The molecule has 2 rings (SSSR count). The van der Waals surface area contributed by atoms with E-state index in [1.165, 1.54) is 0 Å². The summed E-state index contributed by atoms with van der Waals surface area (Å²) in [6.45, 7) is 4.34. The third-order valence-electron chi connectivity index (χ3n) is 2.68. The SMILES string of the molecule is CCOc1cncc(-c2cc(C)cc(C(=O)O)c2)c1. The minimum atomic E-state index is -0.932. The van der Waals surface area contributed by atoms with Gasteiger partial charge < -0.3 is 9.84 Å². The summed E-state index contributed by atoms with van der Waals surface area (Å²) in [4.78, 5) is 15.2. The van der Waals surface area contributed by atoms with Gasteiger partial charge in [0.2, 0.25) is 0 Å². The summed E-state index contributed by atoms with van der Waals surface area (Å²) in [5, 5.41) is 9.08. The molecule has 0 radical (unpaired) electrons. The summed E-state index contributed by atoms with van der Waals surface area (Å²) in [5.74, 6) is -0.253. The minimum absolute atomic E-state index is 0.275. The van der Waals surface area contributed by atoms with Gasteiger partial charge >= 0.3 is 5.97 Å². The van der Waals surface area contributed by atoms with Crippen molar-refractivity contribution in [3.05, 3.63) is 47.8 Å². The third-order valence-corrected chi connectivity index (χ3v) is 2.68. The summed E-state index contributed by atoms with van der Waals surface area (Å²) < 4.78 is 5.40. The second-order valence-corrected chi connectivity index (χ2v) is 4.24. The lowest BCUT2D eigenvalue weighted by molar-refractivity contribution is 0.0697. The molecule has 1 N–H and O–H groups in total. The Bertz CT molecular complexity index is 608. The fourth-order valence-electron chi connectivity index (χ4n) is 1.90. The van der Waals surface area contributed by atoms with Gasteiger partial charge in [-0.25, -0.2) is 4.79 Å². The quantitative estimate of drug-likeness (QED) is 0.914. The van der Waals surface area contributed by atoms with Crippen LogP contribution in [0.3, 0.4) is 0 Å². The van der Waals surface area contributed by atoms with Crippen molar-refractivity contribution in [2.75, 3.05) is 6.61 Å². The smallest absolute Gasteiger partial charge is 0.335 e. The Morgan fingerprint density at radius 2 is 2.00 bits per heavy atom. The lowest BCUT2D eigenvalue weighted by Crippen LogP contribution is -1.98. The Morgan fingerprint density at radius 3 is 2.68 bits per heavy atom. The summed E-state index contributed by atoms with van der Waals surface area (Å²) in [5.41, 5.74) is 2.84. The van der Waals surface area contributed by atoms with Crippen molar-refractivity contribution in [3.63, 3.8) is 0 Å². The van der Waals surface area contributed by atoms with Crippen LogP contribution in [0.4, 0.5) is 0 Å². The summed E-state index contributed by atoms with van der Waals surface area (Å²) >= 11 is 0. The molecule has 0 aliphatic heterocycles. The largest absolute Gasteiger partial charge is 0.492 e. The van der Waals surface area contributed by atoms with Gasteiger partial charge in [0.05, 0.1) is 18.4 Å². The number of pyridine rings is 1. The number of benzene rings is 1. The second kappa shape index (κ2) is 5.52. The average Bonchev–Trinajstić information content (AvgIpc) is 2.38. The maximum Gasteiger partial charge on any atom is 0.335 e. The van der Waals surface area contributed by atoms with Gasteiger partial charge in [0.25, 0.3) is 0 Å². The van der Waals surface area contributed by atoms with E-state index in [1.807, 2.05) is 26.0 Å². The standard InChI is InChI=1S/C15H15NO3/c1-3-19-14-7-13(8-16-9-14)11-4-10(2)5-12(6-11)15(17)18/h4-9H,3H2,1-2H3,(H,17,18). The highest BCUT2D eigenvalue weighted by atomic mass is 16.5. The van der Waals surface area contributed by atoms with Gasteiger partial charge in [-0.2, -0.15) is 0 Å². The Morgan fingerprint density at radius 1 is 1.21 bits per heavy atom. The number of carboxylic acids is 1. The number of aromatic carboxylic acids is 1. The van der Waals surface area contributed by atoms with Crippen LogP contribution in [-0.2, 0) is 0 Å². The Balaban J connectivity index is 2.46. The van der Waals surface area contributed by atoms with Gasteiger partial charge in [0.1, 0.15) is 5.75 Å². The molecule has 98 valence electrons. The van der Waals surface area contributed by atoms with E-state index >= 15 is 0 Å². The van der Waals surface area contributed by atoms with Gasteiger partial charge in [0.15, 0.2) is 0 Å². The molecule has 0 saturated heterocycles. The van der Waals surface area contributed by atoms with Crippen molar-refractivity contribution in [1.82, 2.24) is 4.98 Å². The van der Waals surface area contributed by atoms with Crippen molar-refractivity contribution in [3.8, 4) is 16.9 Å². The van der Waals surface area contributed by atoms with E-state index in [0.717, 1.165) is 16.7 Å². The van der Waals surface area contributed by atoms with Gasteiger partial charge in [0, 0.05) is 11.8 Å². The maximum atomic E-state index is 11.1. The second-order valence-electron chi connectivity index (χ2n) is 4.24. The number of carboxylic acid groups (broad SMARTS) is 1. The fourth-order valence-corrected chi connectivity index (χ4v) is 1.90. The zero-order valence-electron chi connectivity index (χ0n) is 10.9. The Labute approximate surface area is 111 Å². The van der Waals surface area contributed by atoms with Crippen molar-refractivity contribution in [2.45, 2.75) is 13.8 Å². The molecule has 0 atom stereocenters. The number of carbonyl (C=O) groups is 1. The molecule has 0 bridgehead atoms. The van der Waals surface area contributed by atoms with Crippen molar-refractivity contribution in [2.24, 2.45) is 0 Å². The van der Waals surface area contributed by atoms with Crippen LogP contribution in [0.15, 0.2) is 36.7 Å². The van der Waals surface area contributed by atoms with Crippen LogP contribution in [0.5, 0.6) is 5.75 Å². The van der Waals surface area contributed by atoms with E-state index < -0.39 is 5.97 Å². The third kappa shape index (κ3) is 3.10. The normalized spacial score (nSPS) is 10.2. The van der Waals surface area contributed by atoms with E-state index in [-0.39, 0.29) is 5.56 Å². The number of hydrogen-bond donors (Lipinski definition) is 1. The molecule has 0 fully saturated rings. The number of ether oxygens (including phenoxy) is 1. The molecular weight excluding hydrogens is 242 g/mol. The van der Waals surface area contributed by atoms with Crippen LogP contribution < -0.4 is 4.74 Å². The molecular formula is C15H15NO3. The van der Waals surface area contributed by atoms with Crippen LogP contribution in [0.1, 0.15) is 22.8 Å². The minimum Gasteiger partial charge on any atom is -0.492 e. The van der Waals surface area contributed by atoms with E-state index in [2.05, 4.69) is 4.98 Å². The molecule has 4 nitrogen and oxygen atoms in total. The van der Waals surface area contributed by atoms with Gasteiger partial charge in [-0.05, 0) is 43.2 Å². The highest BCUT2D eigenvalue weighted by Gasteiger charge is 2.08. The predicted molar refractivity (Wildman–Crippen MR) is 72.5 cm³/mol.